The van der Waals surface area contributed by atoms with E-state index in [4.69, 9.17) is 16.3 Å². The molecule has 3 nitrogen and oxygen atoms in total. The summed E-state index contributed by atoms with van der Waals surface area (Å²) in [6.07, 6.45) is 0.907. The van der Waals surface area contributed by atoms with Crippen LogP contribution in [0.4, 0.5) is 0 Å². The van der Waals surface area contributed by atoms with Crippen LogP contribution in [0.1, 0.15) is 48.7 Å². The Kier molecular flexibility index (Phi) is 7.20. The van der Waals surface area contributed by atoms with Gasteiger partial charge >= 0.3 is 0 Å². The first kappa shape index (κ1) is 18.0. The highest BCUT2D eigenvalue weighted by Gasteiger charge is 2.21. The molecule has 4 heteroatoms. The summed E-state index contributed by atoms with van der Waals surface area (Å²) in [4.78, 5) is 14.8. The fraction of sp³-hybridized carbons (Fsp3) is 0.588. The first-order valence-electron chi connectivity index (χ1n) is 7.64. The maximum atomic E-state index is 12.7. The average molecular weight is 312 g/mol. The van der Waals surface area contributed by atoms with E-state index in [1.165, 1.54) is 0 Å². The summed E-state index contributed by atoms with van der Waals surface area (Å²) in [7, 11) is 0. The molecule has 21 heavy (non-hydrogen) atoms. The monoisotopic (exact) mass is 311 g/mol. The molecule has 0 heterocycles. The van der Waals surface area contributed by atoms with Crippen LogP contribution in [0, 0.1) is 13.8 Å². The van der Waals surface area contributed by atoms with E-state index in [1.807, 2.05) is 26.8 Å². The first-order valence-corrected chi connectivity index (χ1v) is 8.01. The predicted octanol–water partition coefficient (Wildman–Crippen LogP) is 4.27. The topological polar surface area (TPSA) is 29.5 Å². The van der Waals surface area contributed by atoms with Crippen molar-refractivity contribution in [2.45, 2.75) is 41.0 Å². The summed E-state index contributed by atoms with van der Waals surface area (Å²) in [5.41, 5.74) is 2.39. The Balaban J connectivity index is 3.18. The maximum Gasteiger partial charge on any atom is 0.180 e. The summed E-state index contributed by atoms with van der Waals surface area (Å²) >= 11 is 6.32. The van der Waals surface area contributed by atoms with Gasteiger partial charge in [-0.2, -0.15) is 0 Å². The number of Topliss-reactive ketones (excluding diaryl/α,β-unsaturated/α-hetero) is 1. The number of aryl methyl sites for hydroxylation is 1. The number of ketones is 1. The summed E-state index contributed by atoms with van der Waals surface area (Å²) in [6, 6.07) is 1.88. The lowest BCUT2D eigenvalue weighted by Crippen LogP contribution is -2.30. The highest BCUT2D eigenvalue weighted by molar-refractivity contribution is 6.32. The second-order valence-corrected chi connectivity index (χ2v) is 5.62. The van der Waals surface area contributed by atoms with Gasteiger partial charge in [-0.1, -0.05) is 32.4 Å². The molecule has 1 aromatic carbocycles. The third-order valence-corrected chi connectivity index (χ3v) is 4.23. The molecule has 118 valence electrons. The highest BCUT2D eigenvalue weighted by Crippen LogP contribution is 2.32. The summed E-state index contributed by atoms with van der Waals surface area (Å²) < 4.78 is 5.77. The Morgan fingerprint density at radius 1 is 1.24 bits per heavy atom. The van der Waals surface area contributed by atoms with E-state index in [-0.39, 0.29) is 5.78 Å². The van der Waals surface area contributed by atoms with Crippen molar-refractivity contribution in [1.29, 1.82) is 0 Å². The third-order valence-electron chi connectivity index (χ3n) is 3.65. The number of halogens is 1. The van der Waals surface area contributed by atoms with Crippen molar-refractivity contribution in [2.24, 2.45) is 0 Å². The van der Waals surface area contributed by atoms with Crippen LogP contribution in [-0.2, 0) is 0 Å². The number of carbonyl (C=O) groups is 1. The Labute approximate surface area is 133 Å². The van der Waals surface area contributed by atoms with Crippen LogP contribution < -0.4 is 4.74 Å². The van der Waals surface area contributed by atoms with E-state index in [0.717, 1.165) is 30.6 Å². The lowest BCUT2D eigenvalue weighted by atomic mass is 10.00. The second kappa shape index (κ2) is 8.40. The summed E-state index contributed by atoms with van der Waals surface area (Å²) in [6.45, 7) is 12.7. The van der Waals surface area contributed by atoms with Crippen molar-refractivity contribution in [3.63, 3.8) is 0 Å². The molecule has 1 rings (SSSR count). The van der Waals surface area contributed by atoms with Crippen LogP contribution in [0.5, 0.6) is 5.75 Å². The molecular weight excluding hydrogens is 286 g/mol. The van der Waals surface area contributed by atoms with Crippen LogP contribution >= 0.6 is 11.6 Å². The van der Waals surface area contributed by atoms with Gasteiger partial charge in [0, 0.05) is 5.02 Å². The van der Waals surface area contributed by atoms with Gasteiger partial charge in [0.05, 0.1) is 18.7 Å². The standard InChI is InChI=1S/C17H26ClNO2/c1-6-9-21-15-10-12(4)17(18)13(5)16(15)14(20)11-19(7-2)8-3/h10H,6-9,11H2,1-5H3. The fourth-order valence-corrected chi connectivity index (χ4v) is 2.47. The van der Waals surface area contributed by atoms with E-state index in [0.29, 0.717) is 29.5 Å². The number of nitrogens with zero attached hydrogens (tertiary/aromatic N) is 1. The molecule has 0 N–H and O–H groups in total. The largest absolute Gasteiger partial charge is 0.493 e. The number of hydrogen-bond donors (Lipinski definition) is 0. The van der Waals surface area contributed by atoms with Gasteiger partial charge in [-0.05, 0) is 50.6 Å². The lowest BCUT2D eigenvalue weighted by molar-refractivity contribution is 0.0932. The molecule has 0 fully saturated rings. The number of hydrogen-bond acceptors (Lipinski definition) is 3. The summed E-state index contributed by atoms with van der Waals surface area (Å²) in [5.74, 6) is 0.734. The molecule has 0 bridgehead atoms. The molecule has 0 saturated carbocycles. The molecule has 0 radical (unpaired) electrons. The molecular formula is C17H26ClNO2. The normalized spacial score (nSPS) is 11.0. The molecule has 0 unspecified atom stereocenters. The van der Waals surface area contributed by atoms with Gasteiger partial charge in [0.15, 0.2) is 5.78 Å². The number of benzene rings is 1. The van der Waals surface area contributed by atoms with Crippen molar-refractivity contribution in [3.8, 4) is 5.75 Å². The molecule has 0 amide bonds. The van der Waals surface area contributed by atoms with Crippen molar-refractivity contribution < 1.29 is 9.53 Å². The zero-order valence-electron chi connectivity index (χ0n) is 13.8. The maximum absolute atomic E-state index is 12.7. The first-order chi connectivity index (χ1) is 9.96. The average Bonchev–Trinajstić information content (AvgIpc) is 2.47. The predicted molar refractivity (Wildman–Crippen MR) is 88.8 cm³/mol. The molecule has 0 saturated heterocycles. The van der Waals surface area contributed by atoms with Crippen molar-refractivity contribution >= 4 is 17.4 Å². The minimum Gasteiger partial charge on any atom is -0.493 e. The van der Waals surface area contributed by atoms with E-state index in [1.54, 1.807) is 0 Å². The SMILES string of the molecule is CCCOc1cc(C)c(Cl)c(C)c1C(=O)CN(CC)CC. The van der Waals surface area contributed by atoms with Gasteiger partial charge in [0.25, 0.3) is 0 Å². The minimum atomic E-state index is 0.0733. The molecule has 0 aliphatic carbocycles. The molecule has 0 aliphatic rings. The molecule has 0 atom stereocenters. The van der Waals surface area contributed by atoms with Gasteiger partial charge in [-0.3, -0.25) is 9.69 Å². The van der Waals surface area contributed by atoms with Crippen LogP contribution in [-0.4, -0.2) is 36.9 Å². The Morgan fingerprint density at radius 3 is 2.38 bits per heavy atom. The molecule has 0 aromatic heterocycles. The Hall–Kier alpha value is -1.06. The van der Waals surface area contributed by atoms with Crippen LogP contribution in [0.15, 0.2) is 6.07 Å². The Morgan fingerprint density at radius 2 is 1.86 bits per heavy atom. The smallest absolute Gasteiger partial charge is 0.180 e. The zero-order chi connectivity index (χ0) is 16.0. The minimum absolute atomic E-state index is 0.0733. The number of likely N-dealkylation sites (N-methyl/N-ethyl adjacent to an activating group) is 1. The van der Waals surface area contributed by atoms with E-state index >= 15 is 0 Å². The quantitative estimate of drug-likeness (QED) is 0.671. The second-order valence-electron chi connectivity index (χ2n) is 5.24. The molecule has 0 spiro atoms. The van der Waals surface area contributed by atoms with Gasteiger partial charge in [0.2, 0.25) is 0 Å². The van der Waals surface area contributed by atoms with Crippen molar-refractivity contribution in [1.82, 2.24) is 4.90 Å². The molecule has 0 aliphatic heterocycles. The van der Waals surface area contributed by atoms with Gasteiger partial charge < -0.3 is 4.74 Å². The van der Waals surface area contributed by atoms with Crippen molar-refractivity contribution in [3.05, 3.63) is 27.8 Å². The fourth-order valence-electron chi connectivity index (χ4n) is 2.32. The van der Waals surface area contributed by atoms with Gasteiger partial charge in [-0.15, -0.1) is 0 Å². The van der Waals surface area contributed by atoms with Crippen molar-refractivity contribution in [2.75, 3.05) is 26.2 Å². The lowest BCUT2D eigenvalue weighted by Gasteiger charge is -2.20. The summed E-state index contributed by atoms with van der Waals surface area (Å²) in [5, 5.41) is 0.654. The van der Waals surface area contributed by atoms with E-state index < -0.39 is 0 Å². The molecule has 1 aromatic rings. The Bertz CT molecular complexity index is 496. The van der Waals surface area contributed by atoms with E-state index in [2.05, 4.69) is 18.7 Å². The van der Waals surface area contributed by atoms with Crippen LogP contribution in [0.2, 0.25) is 5.02 Å². The third kappa shape index (κ3) is 4.45. The van der Waals surface area contributed by atoms with Gasteiger partial charge in [0.1, 0.15) is 5.75 Å². The number of rotatable bonds is 8. The van der Waals surface area contributed by atoms with Crippen LogP contribution in [0.25, 0.3) is 0 Å². The van der Waals surface area contributed by atoms with Crippen LogP contribution in [0.3, 0.4) is 0 Å². The number of ether oxygens (including phenoxy) is 1. The zero-order valence-corrected chi connectivity index (χ0v) is 14.5. The van der Waals surface area contributed by atoms with Gasteiger partial charge in [-0.25, -0.2) is 0 Å². The number of carbonyl (C=O) groups excluding carboxylic acids is 1. The highest BCUT2D eigenvalue weighted by atomic mass is 35.5. The van der Waals surface area contributed by atoms with E-state index in [9.17, 15) is 4.79 Å².